The second kappa shape index (κ2) is 6.09. The molecule has 0 aliphatic heterocycles. The number of aryl methyl sites for hydroxylation is 1. The lowest BCUT2D eigenvalue weighted by atomic mass is 10.2. The fourth-order valence-corrected chi connectivity index (χ4v) is 1.94. The minimum atomic E-state index is 0.0870. The van der Waals surface area contributed by atoms with Crippen LogP contribution in [0.3, 0.4) is 0 Å². The fourth-order valence-electron chi connectivity index (χ4n) is 1.45. The topological polar surface area (TPSA) is 43.8 Å². The zero-order valence-electron chi connectivity index (χ0n) is 8.94. The van der Waals surface area contributed by atoms with Crippen LogP contribution in [-0.4, -0.2) is 21.6 Å². The molecule has 1 aromatic heterocycles. The Morgan fingerprint density at radius 2 is 2.43 bits per heavy atom. The highest BCUT2D eigenvalue weighted by atomic mass is 32.2. The minimum Gasteiger partial charge on any atom is -0.334 e. The first-order valence-corrected chi connectivity index (χ1v) is 6.44. The standard InChI is InChI=1S/C10H19N3S/c1-3-6-13-7-5-12-10(13)9(11)4-8-14-2/h5,7,9H,3-4,6,8,11H2,1-2H3. The van der Waals surface area contributed by atoms with E-state index in [1.54, 1.807) is 0 Å². The van der Waals surface area contributed by atoms with Gasteiger partial charge in [0.15, 0.2) is 0 Å². The Bertz CT molecular complexity index is 260. The highest BCUT2D eigenvalue weighted by Gasteiger charge is 2.11. The summed E-state index contributed by atoms with van der Waals surface area (Å²) in [4.78, 5) is 4.32. The van der Waals surface area contributed by atoms with Crippen LogP contribution in [0, 0.1) is 0 Å². The Morgan fingerprint density at radius 3 is 3.07 bits per heavy atom. The second-order valence-corrected chi connectivity index (χ2v) is 4.35. The molecule has 0 saturated carbocycles. The van der Waals surface area contributed by atoms with E-state index in [-0.39, 0.29) is 6.04 Å². The number of hydrogen-bond acceptors (Lipinski definition) is 3. The van der Waals surface area contributed by atoms with Gasteiger partial charge in [-0.15, -0.1) is 0 Å². The summed E-state index contributed by atoms with van der Waals surface area (Å²) in [6, 6.07) is 0.0870. The van der Waals surface area contributed by atoms with Crippen LogP contribution >= 0.6 is 11.8 Å². The van der Waals surface area contributed by atoms with E-state index < -0.39 is 0 Å². The monoisotopic (exact) mass is 213 g/mol. The van der Waals surface area contributed by atoms with Crippen molar-refractivity contribution in [1.82, 2.24) is 9.55 Å². The molecule has 1 atom stereocenters. The first-order valence-electron chi connectivity index (χ1n) is 5.05. The first-order chi connectivity index (χ1) is 6.79. The van der Waals surface area contributed by atoms with Gasteiger partial charge in [-0.1, -0.05) is 6.92 Å². The number of nitrogens with two attached hydrogens (primary N) is 1. The minimum absolute atomic E-state index is 0.0870. The third-order valence-corrected chi connectivity index (χ3v) is 2.82. The molecule has 0 radical (unpaired) electrons. The molecule has 0 spiro atoms. The molecule has 0 fully saturated rings. The number of hydrogen-bond donors (Lipinski definition) is 1. The SMILES string of the molecule is CCCn1ccnc1C(N)CCSC. The van der Waals surface area contributed by atoms with E-state index in [1.165, 1.54) is 0 Å². The highest BCUT2D eigenvalue weighted by molar-refractivity contribution is 7.98. The summed E-state index contributed by atoms with van der Waals surface area (Å²) in [5, 5.41) is 0. The molecule has 2 N–H and O–H groups in total. The Kier molecular flexibility index (Phi) is 5.04. The predicted molar refractivity (Wildman–Crippen MR) is 62.4 cm³/mol. The average Bonchev–Trinajstić information content (AvgIpc) is 2.63. The van der Waals surface area contributed by atoms with Crippen molar-refractivity contribution >= 4 is 11.8 Å². The van der Waals surface area contributed by atoms with Crippen molar-refractivity contribution in [2.45, 2.75) is 32.4 Å². The van der Waals surface area contributed by atoms with Gasteiger partial charge < -0.3 is 10.3 Å². The van der Waals surface area contributed by atoms with E-state index in [4.69, 9.17) is 5.73 Å². The van der Waals surface area contributed by atoms with Gasteiger partial charge in [0.2, 0.25) is 0 Å². The third-order valence-electron chi connectivity index (χ3n) is 2.18. The summed E-state index contributed by atoms with van der Waals surface area (Å²) in [5.41, 5.74) is 6.06. The van der Waals surface area contributed by atoms with Crippen LogP contribution in [0.1, 0.15) is 31.6 Å². The summed E-state index contributed by atoms with van der Waals surface area (Å²) in [6.07, 6.45) is 8.08. The maximum atomic E-state index is 6.06. The van der Waals surface area contributed by atoms with E-state index >= 15 is 0 Å². The van der Waals surface area contributed by atoms with E-state index in [1.807, 2.05) is 24.2 Å². The molecule has 0 saturated heterocycles. The number of nitrogens with zero attached hydrogens (tertiary/aromatic N) is 2. The van der Waals surface area contributed by atoms with Gasteiger partial charge in [-0.05, 0) is 24.9 Å². The number of thioether (sulfide) groups is 1. The van der Waals surface area contributed by atoms with Crippen molar-refractivity contribution in [3.63, 3.8) is 0 Å². The van der Waals surface area contributed by atoms with Gasteiger partial charge in [0.05, 0.1) is 6.04 Å². The van der Waals surface area contributed by atoms with Gasteiger partial charge in [0.25, 0.3) is 0 Å². The number of aromatic nitrogens is 2. The van der Waals surface area contributed by atoms with Crippen molar-refractivity contribution in [3.8, 4) is 0 Å². The zero-order valence-corrected chi connectivity index (χ0v) is 9.76. The first kappa shape index (κ1) is 11.6. The van der Waals surface area contributed by atoms with Crippen LogP contribution in [0.15, 0.2) is 12.4 Å². The smallest absolute Gasteiger partial charge is 0.125 e. The van der Waals surface area contributed by atoms with E-state index in [0.717, 1.165) is 31.0 Å². The maximum absolute atomic E-state index is 6.06. The van der Waals surface area contributed by atoms with Crippen LogP contribution < -0.4 is 5.73 Å². The van der Waals surface area contributed by atoms with Crippen LogP contribution in [0.25, 0.3) is 0 Å². The normalized spacial score (nSPS) is 13.1. The molecule has 4 heteroatoms. The molecular weight excluding hydrogens is 194 g/mol. The Hall–Kier alpha value is -0.480. The van der Waals surface area contributed by atoms with Gasteiger partial charge in [-0.2, -0.15) is 11.8 Å². The summed E-state index contributed by atoms with van der Waals surface area (Å²) in [6.45, 7) is 3.18. The van der Waals surface area contributed by atoms with Crippen LogP contribution in [0.2, 0.25) is 0 Å². The molecule has 1 unspecified atom stereocenters. The van der Waals surface area contributed by atoms with Crippen LogP contribution in [0.5, 0.6) is 0 Å². The van der Waals surface area contributed by atoms with E-state index in [9.17, 15) is 0 Å². The maximum Gasteiger partial charge on any atom is 0.125 e. The van der Waals surface area contributed by atoms with Gasteiger partial charge in [0, 0.05) is 18.9 Å². The second-order valence-electron chi connectivity index (χ2n) is 3.37. The van der Waals surface area contributed by atoms with Gasteiger partial charge >= 0.3 is 0 Å². The molecule has 0 aliphatic rings. The third kappa shape index (κ3) is 3.03. The zero-order chi connectivity index (χ0) is 10.4. The predicted octanol–water partition coefficient (Wildman–Crippen LogP) is 2.05. The molecule has 80 valence electrons. The van der Waals surface area contributed by atoms with Gasteiger partial charge in [-0.25, -0.2) is 4.98 Å². The Labute approximate surface area is 90.1 Å². The molecule has 14 heavy (non-hydrogen) atoms. The van der Waals surface area contributed by atoms with Crippen molar-refractivity contribution in [2.24, 2.45) is 5.73 Å². The summed E-state index contributed by atoms with van der Waals surface area (Å²) >= 11 is 1.83. The average molecular weight is 213 g/mol. The van der Waals surface area contributed by atoms with Gasteiger partial charge in [-0.3, -0.25) is 0 Å². The molecule has 1 aromatic rings. The Balaban J connectivity index is 2.58. The number of imidazole rings is 1. The van der Waals surface area contributed by atoms with Crippen molar-refractivity contribution in [3.05, 3.63) is 18.2 Å². The van der Waals surface area contributed by atoms with Crippen molar-refractivity contribution in [1.29, 1.82) is 0 Å². The van der Waals surface area contributed by atoms with Crippen molar-refractivity contribution < 1.29 is 0 Å². The molecule has 3 nitrogen and oxygen atoms in total. The molecule has 0 amide bonds. The summed E-state index contributed by atoms with van der Waals surface area (Å²) < 4.78 is 2.16. The molecular formula is C10H19N3S. The van der Waals surface area contributed by atoms with Crippen LogP contribution in [0.4, 0.5) is 0 Å². The lowest BCUT2D eigenvalue weighted by molar-refractivity contribution is 0.569. The van der Waals surface area contributed by atoms with Crippen LogP contribution in [-0.2, 0) is 6.54 Å². The lowest BCUT2D eigenvalue weighted by Gasteiger charge is -2.12. The van der Waals surface area contributed by atoms with E-state index in [0.29, 0.717) is 0 Å². The number of rotatable bonds is 6. The molecule has 1 rings (SSSR count). The molecule has 0 bridgehead atoms. The highest BCUT2D eigenvalue weighted by Crippen LogP contribution is 2.14. The van der Waals surface area contributed by atoms with Crippen molar-refractivity contribution in [2.75, 3.05) is 12.0 Å². The fraction of sp³-hybridized carbons (Fsp3) is 0.700. The van der Waals surface area contributed by atoms with Gasteiger partial charge in [0.1, 0.15) is 5.82 Å². The molecule has 0 aliphatic carbocycles. The molecule has 0 aromatic carbocycles. The molecule has 1 heterocycles. The summed E-state index contributed by atoms with van der Waals surface area (Å²) in [7, 11) is 0. The largest absolute Gasteiger partial charge is 0.334 e. The quantitative estimate of drug-likeness (QED) is 0.786. The van der Waals surface area contributed by atoms with E-state index in [2.05, 4.69) is 22.7 Å². The lowest BCUT2D eigenvalue weighted by Crippen LogP contribution is -2.17. The summed E-state index contributed by atoms with van der Waals surface area (Å²) in [5.74, 6) is 2.13. The Morgan fingerprint density at radius 1 is 1.64 bits per heavy atom.